The molecule has 4 nitrogen and oxygen atoms in total. The minimum Gasteiger partial charge on any atom is -0.464 e. The Morgan fingerprint density at radius 3 is 2.75 bits per heavy atom. The quantitative estimate of drug-likeness (QED) is 0.831. The summed E-state index contributed by atoms with van der Waals surface area (Å²) in [5, 5.41) is -0.0586. The number of rotatable bonds is 2. The van der Waals surface area contributed by atoms with Crippen LogP contribution in [0.5, 0.6) is 0 Å². The zero-order valence-electron chi connectivity index (χ0n) is 10.3. The number of benzene rings is 1. The summed E-state index contributed by atoms with van der Waals surface area (Å²) < 4.78 is 19.1. The second-order valence-electron chi connectivity index (χ2n) is 3.86. The van der Waals surface area contributed by atoms with Gasteiger partial charge in [-0.1, -0.05) is 33.6 Å². The molecule has 0 spiro atoms. The number of carbonyl (C=O) groups excluding carboxylic acids is 1. The number of nitrogens with two attached hydrogens (primary N) is 1. The summed E-state index contributed by atoms with van der Waals surface area (Å²) in [7, 11) is 1.21. The first-order valence-corrected chi connectivity index (χ1v) is 6.60. The van der Waals surface area contributed by atoms with Gasteiger partial charge in [0, 0.05) is 21.8 Å². The van der Waals surface area contributed by atoms with E-state index in [9.17, 15) is 9.18 Å². The Bertz CT molecular complexity index is 694. The molecule has 0 fully saturated rings. The Labute approximate surface area is 127 Å². The molecule has 0 radical (unpaired) electrons. The molecule has 0 saturated heterocycles. The lowest BCUT2D eigenvalue weighted by molar-refractivity contribution is 0.0594. The van der Waals surface area contributed by atoms with E-state index in [4.69, 9.17) is 17.3 Å². The number of carbonyl (C=O) groups is 1. The molecular weight excluding hydrogens is 351 g/mol. The molecule has 0 aliphatic heterocycles. The molecule has 0 bridgehead atoms. The fraction of sp³-hybridized carbons (Fsp3) is 0.0769. The number of hydrogen-bond donors (Lipinski definition) is 1. The van der Waals surface area contributed by atoms with E-state index in [1.54, 1.807) is 12.1 Å². The monoisotopic (exact) mass is 358 g/mol. The molecule has 1 heterocycles. The third-order valence-electron chi connectivity index (χ3n) is 2.66. The Balaban J connectivity index is 2.59. The summed E-state index contributed by atoms with van der Waals surface area (Å²) in [5.74, 6) is -1.18. The number of nitrogens with zero attached hydrogens (tertiary/aromatic N) is 1. The molecule has 0 amide bonds. The van der Waals surface area contributed by atoms with Gasteiger partial charge < -0.3 is 10.5 Å². The van der Waals surface area contributed by atoms with Crippen LogP contribution in [0, 0.1) is 5.82 Å². The average molecular weight is 360 g/mol. The number of hydrogen-bond acceptors (Lipinski definition) is 4. The lowest BCUT2D eigenvalue weighted by Crippen LogP contribution is -2.08. The minimum absolute atomic E-state index is 0.0586. The van der Waals surface area contributed by atoms with Crippen LogP contribution in [0.2, 0.25) is 5.02 Å². The van der Waals surface area contributed by atoms with Gasteiger partial charge in [0.05, 0.1) is 17.8 Å². The predicted molar refractivity (Wildman–Crippen MR) is 78.1 cm³/mol. The van der Waals surface area contributed by atoms with Crippen LogP contribution in [-0.2, 0) is 4.74 Å². The van der Waals surface area contributed by atoms with Gasteiger partial charge in [0.15, 0.2) is 5.69 Å². The molecule has 1 aromatic heterocycles. The van der Waals surface area contributed by atoms with E-state index < -0.39 is 11.8 Å². The molecule has 0 saturated carbocycles. The van der Waals surface area contributed by atoms with Crippen molar-refractivity contribution in [3.05, 3.63) is 45.4 Å². The summed E-state index contributed by atoms with van der Waals surface area (Å²) in [6.45, 7) is 0. The number of ether oxygens (including phenoxy) is 1. The Morgan fingerprint density at radius 2 is 2.15 bits per heavy atom. The van der Waals surface area contributed by atoms with Gasteiger partial charge in [-0.25, -0.2) is 14.2 Å². The summed E-state index contributed by atoms with van der Waals surface area (Å²) in [4.78, 5) is 15.3. The SMILES string of the molecule is COC(=O)c1ncc(-c2ccc(Br)cc2F)c(N)c1Cl. The summed E-state index contributed by atoms with van der Waals surface area (Å²) >= 11 is 9.15. The number of methoxy groups -OCH3 is 1. The number of anilines is 1. The molecule has 0 aliphatic carbocycles. The highest BCUT2D eigenvalue weighted by Gasteiger charge is 2.19. The molecule has 0 aliphatic rings. The van der Waals surface area contributed by atoms with Crippen molar-refractivity contribution in [2.45, 2.75) is 0 Å². The van der Waals surface area contributed by atoms with Gasteiger partial charge in [0.2, 0.25) is 0 Å². The third-order valence-corrected chi connectivity index (χ3v) is 3.53. The topological polar surface area (TPSA) is 65.2 Å². The Morgan fingerprint density at radius 1 is 1.45 bits per heavy atom. The van der Waals surface area contributed by atoms with Crippen molar-refractivity contribution < 1.29 is 13.9 Å². The van der Waals surface area contributed by atoms with Crippen LogP contribution in [0.3, 0.4) is 0 Å². The zero-order valence-corrected chi connectivity index (χ0v) is 12.6. The average Bonchev–Trinajstić information content (AvgIpc) is 2.42. The van der Waals surface area contributed by atoms with E-state index in [2.05, 4.69) is 25.7 Å². The van der Waals surface area contributed by atoms with Gasteiger partial charge in [0.1, 0.15) is 5.82 Å². The minimum atomic E-state index is -0.704. The summed E-state index contributed by atoms with van der Waals surface area (Å²) in [6.07, 6.45) is 1.29. The van der Waals surface area contributed by atoms with Crippen LogP contribution in [0.1, 0.15) is 10.5 Å². The van der Waals surface area contributed by atoms with Crippen molar-refractivity contribution in [2.75, 3.05) is 12.8 Å². The fourth-order valence-electron chi connectivity index (χ4n) is 1.66. The number of halogens is 3. The summed E-state index contributed by atoms with van der Waals surface area (Å²) in [6, 6.07) is 4.51. The van der Waals surface area contributed by atoms with Gasteiger partial charge in [0.25, 0.3) is 0 Å². The highest BCUT2D eigenvalue weighted by atomic mass is 79.9. The van der Waals surface area contributed by atoms with Gasteiger partial charge in [-0.2, -0.15) is 0 Å². The first-order chi connectivity index (χ1) is 9.45. The maximum atomic E-state index is 13.9. The van der Waals surface area contributed by atoms with Gasteiger partial charge in [-0.3, -0.25) is 0 Å². The van der Waals surface area contributed by atoms with Crippen LogP contribution in [0.15, 0.2) is 28.9 Å². The first-order valence-electron chi connectivity index (χ1n) is 5.43. The number of aromatic nitrogens is 1. The molecular formula is C13H9BrClFN2O2. The van der Waals surface area contributed by atoms with Crippen molar-refractivity contribution in [3.8, 4) is 11.1 Å². The van der Waals surface area contributed by atoms with E-state index in [0.717, 1.165) is 0 Å². The normalized spacial score (nSPS) is 10.4. The van der Waals surface area contributed by atoms with E-state index in [0.29, 0.717) is 10.0 Å². The van der Waals surface area contributed by atoms with E-state index in [-0.39, 0.29) is 22.0 Å². The third kappa shape index (κ3) is 2.62. The standard InChI is InChI=1S/C13H9BrClFN2O2/c1-20-13(19)12-10(15)11(17)8(5-18-12)7-3-2-6(14)4-9(7)16/h2-5H,1H3,(H2,17,18). The number of nitrogen functional groups attached to an aromatic ring is 1. The maximum absolute atomic E-state index is 13.9. The van der Waals surface area contributed by atoms with Gasteiger partial charge >= 0.3 is 5.97 Å². The lowest BCUT2D eigenvalue weighted by atomic mass is 10.0. The second-order valence-corrected chi connectivity index (χ2v) is 5.16. The van der Waals surface area contributed by atoms with Gasteiger partial charge in [-0.15, -0.1) is 0 Å². The highest BCUT2D eigenvalue weighted by Crippen LogP contribution is 2.35. The Kier molecular flexibility index (Phi) is 4.25. The van der Waals surface area contributed by atoms with Crippen molar-refractivity contribution in [3.63, 3.8) is 0 Å². The van der Waals surface area contributed by atoms with Crippen LogP contribution >= 0.6 is 27.5 Å². The maximum Gasteiger partial charge on any atom is 0.358 e. The molecule has 0 atom stereocenters. The lowest BCUT2D eigenvalue weighted by Gasteiger charge is -2.10. The number of esters is 1. The van der Waals surface area contributed by atoms with Crippen LogP contribution in [0.25, 0.3) is 11.1 Å². The second kappa shape index (κ2) is 5.76. The summed E-state index contributed by atoms with van der Waals surface area (Å²) in [5.41, 5.74) is 6.38. The molecule has 20 heavy (non-hydrogen) atoms. The molecule has 2 aromatic rings. The first kappa shape index (κ1) is 14.7. The molecule has 1 aromatic carbocycles. The van der Waals surface area contributed by atoms with E-state index in [1.807, 2.05) is 0 Å². The van der Waals surface area contributed by atoms with E-state index in [1.165, 1.54) is 19.4 Å². The molecule has 7 heteroatoms. The molecule has 104 valence electrons. The Hall–Kier alpha value is -1.66. The highest BCUT2D eigenvalue weighted by molar-refractivity contribution is 9.10. The van der Waals surface area contributed by atoms with Gasteiger partial charge in [-0.05, 0) is 12.1 Å². The predicted octanol–water partition coefficient (Wildman–Crippen LogP) is 3.67. The van der Waals surface area contributed by atoms with Crippen LogP contribution in [-0.4, -0.2) is 18.1 Å². The van der Waals surface area contributed by atoms with Crippen LogP contribution in [0.4, 0.5) is 10.1 Å². The van der Waals surface area contributed by atoms with Crippen molar-refractivity contribution in [1.29, 1.82) is 0 Å². The zero-order chi connectivity index (χ0) is 14.9. The van der Waals surface area contributed by atoms with E-state index >= 15 is 0 Å². The smallest absolute Gasteiger partial charge is 0.358 e. The van der Waals surface area contributed by atoms with Crippen molar-refractivity contribution >= 4 is 39.2 Å². The molecule has 2 rings (SSSR count). The fourth-order valence-corrected chi connectivity index (χ4v) is 2.22. The van der Waals surface area contributed by atoms with Crippen molar-refractivity contribution in [2.24, 2.45) is 0 Å². The molecule has 2 N–H and O–H groups in total. The molecule has 0 unspecified atom stereocenters. The van der Waals surface area contributed by atoms with Crippen molar-refractivity contribution in [1.82, 2.24) is 4.98 Å². The largest absolute Gasteiger partial charge is 0.464 e. The number of pyridine rings is 1. The van der Waals surface area contributed by atoms with Crippen LogP contribution < -0.4 is 5.73 Å².